The van der Waals surface area contributed by atoms with Crippen molar-refractivity contribution in [2.45, 2.75) is 32.5 Å². The first kappa shape index (κ1) is 15.5. The smallest absolute Gasteiger partial charge is 0.388 e. The van der Waals surface area contributed by atoms with Gasteiger partial charge in [-0.3, -0.25) is 4.79 Å². The number of benzene rings is 1. The molecule has 1 amide bonds. The Kier molecular flexibility index (Phi) is 4.29. The standard InChI is InChI=1S/C16H19N3O4/c1-11-10-22-12(2)8-18(11)14(20)9-19-16(21)23-15(17-19)13-6-4-3-5-7-13/h3-7,11-12H,8-10H2,1-2H3/t11-,12+/m0/s1. The zero-order chi connectivity index (χ0) is 16.4. The summed E-state index contributed by atoms with van der Waals surface area (Å²) in [5.41, 5.74) is 0.698. The Morgan fingerprint density at radius 3 is 2.78 bits per heavy atom. The highest BCUT2D eigenvalue weighted by Crippen LogP contribution is 2.15. The van der Waals surface area contributed by atoms with Gasteiger partial charge < -0.3 is 14.1 Å². The molecule has 1 aliphatic heterocycles. The van der Waals surface area contributed by atoms with Crippen molar-refractivity contribution in [3.63, 3.8) is 0 Å². The average molecular weight is 317 g/mol. The number of hydrogen-bond acceptors (Lipinski definition) is 5. The molecule has 7 heteroatoms. The predicted molar refractivity (Wildman–Crippen MR) is 82.8 cm³/mol. The molecule has 1 saturated heterocycles. The maximum atomic E-state index is 12.5. The van der Waals surface area contributed by atoms with Gasteiger partial charge in [0.15, 0.2) is 0 Å². The van der Waals surface area contributed by atoms with Crippen LogP contribution in [0.4, 0.5) is 0 Å². The molecule has 0 bridgehead atoms. The van der Waals surface area contributed by atoms with E-state index in [2.05, 4.69) is 5.10 Å². The fourth-order valence-electron chi connectivity index (χ4n) is 2.57. The Morgan fingerprint density at radius 2 is 2.04 bits per heavy atom. The highest BCUT2D eigenvalue weighted by molar-refractivity contribution is 5.76. The number of aromatic nitrogens is 2. The van der Waals surface area contributed by atoms with Crippen molar-refractivity contribution in [2.75, 3.05) is 13.2 Å². The van der Waals surface area contributed by atoms with Crippen LogP contribution in [0.25, 0.3) is 11.5 Å². The lowest BCUT2D eigenvalue weighted by molar-refractivity contribution is -0.144. The van der Waals surface area contributed by atoms with E-state index < -0.39 is 5.76 Å². The van der Waals surface area contributed by atoms with E-state index in [0.29, 0.717) is 18.7 Å². The van der Waals surface area contributed by atoms with Gasteiger partial charge in [0.2, 0.25) is 11.8 Å². The van der Waals surface area contributed by atoms with Crippen LogP contribution in [0.1, 0.15) is 13.8 Å². The van der Waals surface area contributed by atoms with Crippen molar-refractivity contribution in [3.05, 3.63) is 40.9 Å². The van der Waals surface area contributed by atoms with Crippen molar-refractivity contribution in [1.29, 1.82) is 0 Å². The fourth-order valence-corrected chi connectivity index (χ4v) is 2.57. The van der Waals surface area contributed by atoms with Gasteiger partial charge in [-0.15, -0.1) is 5.10 Å². The molecule has 23 heavy (non-hydrogen) atoms. The predicted octanol–water partition coefficient (Wildman–Crippen LogP) is 1.14. The molecule has 0 unspecified atom stereocenters. The van der Waals surface area contributed by atoms with E-state index in [1.165, 1.54) is 0 Å². The second kappa shape index (κ2) is 6.37. The summed E-state index contributed by atoms with van der Waals surface area (Å²) in [4.78, 5) is 26.1. The zero-order valence-corrected chi connectivity index (χ0v) is 13.1. The lowest BCUT2D eigenvalue weighted by Gasteiger charge is -2.36. The summed E-state index contributed by atoms with van der Waals surface area (Å²) in [5.74, 6) is -0.583. The van der Waals surface area contributed by atoms with E-state index >= 15 is 0 Å². The van der Waals surface area contributed by atoms with E-state index in [9.17, 15) is 9.59 Å². The van der Waals surface area contributed by atoms with Gasteiger partial charge in [0.1, 0.15) is 6.54 Å². The monoisotopic (exact) mass is 317 g/mol. The third-order valence-electron chi connectivity index (χ3n) is 3.84. The Hall–Kier alpha value is -2.41. The molecule has 0 aliphatic carbocycles. The molecule has 122 valence electrons. The van der Waals surface area contributed by atoms with Gasteiger partial charge in [0, 0.05) is 12.1 Å². The van der Waals surface area contributed by atoms with Crippen LogP contribution >= 0.6 is 0 Å². The van der Waals surface area contributed by atoms with E-state index in [0.717, 1.165) is 4.68 Å². The normalized spacial score (nSPS) is 21.4. The highest BCUT2D eigenvalue weighted by atomic mass is 16.5. The van der Waals surface area contributed by atoms with Crippen molar-refractivity contribution < 1.29 is 13.9 Å². The summed E-state index contributed by atoms with van der Waals surface area (Å²) in [6.07, 6.45) is -0.0101. The molecule has 2 atom stereocenters. The number of morpholine rings is 1. The molecule has 7 nitrogen and oxygen atoms in total. The number of nitrogens with zero attached hydrogens (tertiary/aromatic N) is 3. The molecule has 0 spiro atoms. The molecule has 3 rings (SSSR count). The molecule has 2 aromatic rings. The second-order valence-corrected chi connectivity index (χ2v) is 5.74. The largest absolute Gasteiger partial charge is 0.437 e. The first-order chi connectivity index (χ1) is 11.0. The average Bonchev–Trinajstić information content (AvgIpc) is 2.91. The number of carbonyl (C=O) groups excluding carboxylic acids is 1. The summed E-state index contributed by atoms with van der Waals surface area (Å²) >= 11 is 0. The van der Waals surface area contributed by atoms with Crippen LogP contribution in [0, 0.1) is 0 Å². The van der Waals surface area contributed by atoms with Gasteiger partial charge in [-0.1, -0.05) is 18.2 Å². The number of carbonyl (C=O) groups is 1. The van der Waals surface area contributed by atoms with Gasteiger partial charge in [-0.2, -0.15) is 4.68 Å². The van der Waals surface area contributed by atoms with Gasteiger partial charge >= 0.3 is 5.76 Å². The van der Waals surface area contributed by atoms with Crippen LogP contribution in [-0.4, -0.2) is 45.9 Å². The number of rotatable bonds is 3. The molecule has 0 saturated carbocycles. The summed E-state index contributed by atoms with van der Waals surface area (Å²) in [5, 5.41) is 4.12. The number of amides is 1. The van der Waals surface area contributed by atoms with E-state index in [1.807, 2.05) is 32.0 Å². The van der Waals surface area contributed by atoms with Crippen molar-refractivity contribution in [3.8, 4) is 11.5 Å². The molecule has 1 aromatic carbocycles. The van der Waals surface area contributed by atoms with Crippen LogP contribution in [-0.2, 0) is 16.1 Å². The van der Waals surface area contributed by atoms with E-state index in [-0.39, 0.29) is 30.5 Å². The third-order valence-corrected chi connectivity index (χ3v) is 3.84. The van der Waals surface area contributed by atoms with Crippen molar-refractivity contribution >= 4 is 5.91 Å². The lowest BCUT2D eigenvalue weighted by Crippen LogP contribution is -2.51. The molecular formula is C16H19N3O4. The maximum absolute atomic E-state index is 12.5. The molecule has 2 heterocycles. The topological polar surface area (TPSA) is 77.6 Å². The maximum Gasteiger partial charge on any atom is 0.437 e. The van der Waals surface area contributed by atoms with E-state index in [1.54, 1.807) is 17.0 Å². The van der Waals surface area contributed by atoms with Crippen LogP contribution in [0.2, 0.25) is 0 Å². The fraction of sp³-hybridized carbons (Fsp3) is 0.438. The lowest BCUT2D eigenvalue weighted by atomic mass is 10.2. The van der Waals surface area contributed by atoms with Crippen LogP contribution in [0.15, 0.2) is 39.5 Å². The Morgan fingerprint density at radius 1 is 1.30 bits per heavy atom. The van der Waals surface area contributed by atoms with Crippen molar-refractivity contribution in [1.82, 2.24) is 14.7 Å². The molecule has 1 aliphatic rings. The quantitative estimate of drug-likeness (QED) is 0.848. The summed E-state index contributed by atoms with van der Waals surface area (Å²) in [6.45, 7) is 4.72. The summed E-state index contributed by atoms with van der Waals surface area (Å²) in [7, 11) is 0. The minimum atomic E-state index is -0.633. The third kappa shape index (κ3) is 3.34. The first-order valence-electron chi connectivity index (χ1n) is 7.59. The number of hydrogen-bond donors (Lipinski definition) is 0. The highest BCUT2D eigenvalue weighted by Gasteiger charge is 2.28. The van der Waals surface area contributed by atoms with Gasteiger partial charge in [0.25, 0.3) is 0 Å². The van der Waals surface area contributed by atoms with Crippen molar-refractivity contribution in [2.24, 2.45) is 0 Å². The second-order valence-electron chi connectivity index (χ2n) is 5.74. The first-order valence-corrected chi connectivity index (χ1v) is 7.59. The zero-order valence-electron chi connectivity index (χ0n) is 13.1. The Balaban J connectivity index is 1.77. The van der Waals surface area contributed by atoms with Crippen LogP contribution in [0.5, 0.6) is 0 Å². The molecule has 1 aromatic heterocycles. The SMILES string of the molecule is C[C@@H]1CN(C(=O)Cn2nc(-c3ccccc3)oc2=O)[C@@H](C)CO1. The molecular weight excluding hydrogens is 298 g/mol. The van der Waals surface area contributed by atoms with Gasteiger partial charge in [-0.25, -0.2) is 4.79 Å². The minimum Gasteiger partial charge on any atom is -0.388 e. The number of ether oxygens (including phenoxy) is 1. The van der Waals surface area contributed by atoms with E-state index in [4.69, 9.17) is 9.15 Å². The molecule has 1 fully saturated rings. The molecule has 0 radical (unpaired) electrons. The Bertz CT molecular complexity index is 737. The Labute approximate surface area is 133 Å². The van der Waals surface area contributed by atoms with Gasteiger partial charge in [-0.05, 0) is 26.0 Å². The molecule has 0 N–H and O–H groups in total. The van der Waals surface area contributed by atoms with Gasteiger partial charge in [0.05, 0.1) is 18.8 Å². The summed E-state index contributed by atoms with van der Waals surface area (Å²) in [6, 6.07) is 9.09. The summed E-state index contributed by atoms with van der Waals surface area (Å²) < 4.78 is 11.7. The van der Waals surface area contributed by atoms with Crippen LogP contribution in [0.3, 0.4) is 0 Å². The minimum absolute atomic E-state index is 0.0101. The van der Waals surface area contributed by atoms with Crippen LogP contribution < -0.4 is 5.76 Å².